The number of fused-ring (bicyclic) bond motifs is 1. The first-order chi connectivity index (χ1) is 15.8. The summed E-state index contributed by atoms with van der Waals surface area (Å²) in [6.45, 7) is 0.602. The van der Waals surface area contributed by atoms with Gasteiger partial charge in [0.1, 0.15) is 11.9 Å². The van der Waals surface area contributed by atoms with E-state index in [4.69, 9.17) is 9.47 Å². The number of imidazole rings is 1. The summed E-state index contributed by atoms with van der Waals surface area (Å²) in [5, 5.41) is 0. The molecule has 0 bridgehead atoms. The van der Waals surface area contributed by atoms with Gasteiger partial charge < -0.3 is 14.0 Å². The van der Waals surface area contributed by atoms with Crippen LogP contribution in [0.5, 0.6) is 17.2 Å². The zero-order valence-electron chi connectivity index (χ0n) is 17.7. The van der Waals surface area contributed by atoms with E-state index < -0.39 is 0 Å². The number of hydrogen-bond acceptors (Lipinski definition) is 4. The number of ether oxygens (including phenoxy) is 2. The zero-order chi connectivity index (χ0) is 21.8. The molecule has 0 radical (unpaired) electrons. The normalized spacial score (nSPS) is 13.9. The van der Waals surface area contributed by atoms with Crippen LogP contribution in [0.1, 0.15) is 40.4 Å². The number of hydrogen-bond donors (Lipinski definition) is 0. The topological polar surface area (TPSA) is 53.4 Å². The number of aromatic nitrogens is 2. The van der Waals surface area contributed by atoms with Gasteiger partial charge in [-0.15, -0.1) is 0 Å². The lowest BCUT2D eigenvalue weighted by atomic mass is 9.89. The third kappa shape index (κ3) is 4.28. The van der Waals surface area contributed by atoms with Crippen LogP contribution in [0.3, 0.4) is 0 Å². The molecule has 0 unspecified atom stereocenters. The quantitative estimate of drug-likeness (QED) is 0.364. The van der Waals surface area contributed by atoms with Gasteiger partial charge in [0, 0.05) is 29.9 Å². The summed E-state index contributed by atoms with van der Waals surface area (Å²) in [6, 6.07) is 23.5. The molecule has 5 heteroatoms. The molecule has 0 amide bonds. The van der Waals surface area contributed by atoms with Crippen LogP contribution >= 0.6 is 0 Å². The summed E-state index contributed by atoms with van der Waals surface area (Å²) in [5.41, 5.74) is 2.72. The summed E-state index contributed by atoms with van der Waals surface area (Å²) in [6.07, 6.45) is 7.40. The second-order valence-corrected chi connectivity index (χ2v) is 7.89. The van der Waals surface area contributed by atoms with E-state index in [1.165, 1.54) is 0 Å². The third-order valence-corrected chi connectivity index (χ3v) is 5.69. The monoisotopic (exact) mass is 424 g/mol. The average Bonchev–Trinajstić information content (AvgIpc) is 3.35. The van der Waals surface area contributed by atoms with E-state index in [0.29, 0.717) is 24.5 Å². The molecule has 1 atom stereocenters. The van der Waals surface area contributed by atoms with Crippen LogP contribution < -0.4 is 9.47 Å². The molecule has 5 rings (SSSR count). The first-order valence-corrected chi connectivity index (χ1v) is 10.9. The molecule has 32 heavy (non-hydrogen) atoms. The fourth-order valence-corrected chi connectivity index (χ4v) is 4.11. The predicted octanol–water partition coefficient (Wildman–Crippen LogP) is 6.01. The molecule has 1 aromatic heterocycles. The Morgan fingerprint density at radius 3 is 2.47 bits per heavy atom. The molecule has 0 N–H and O–H groups in total. The number of carbonyl (C=O) groups is 1. The Bertz CT molecular complexity index is 1190. The van der Waals surface area contributed by atoms with Crippen molar-refractivity contribution < 1.29 is 14.3 Å². The average molecular weight is 425 g/mol. The Balaban J connectivity index is 1.55. The maximum absolute atomic E-state index is 12.6. The van der Waals surface area contributed by atoms with Crippen molar-refractivity contribution in [2.24, 2.45) is 0 Å². The lowest BCUT2D eigenvalue weighted by Gasteiger charge is -2.25. The van der Waals surface area contributed by atoms with Gasteiger partial charge in [0.25, 0.3) is 0 Å². The molecule has 0 saturated carbocycles. The van der Waals surface area contributed by atoms with Crippen molar-refractivity contribution in [2.45, 2.75) is 31.9 Å². The van der Waals surface area contributed by atoms with Crippen molar-refractivity contribution in [3.05, 3.63) is 108 Å². The molecule has 0 aliphatic heterocycles. The third-order valence-electron chi connectivity index (χ3n) is 5.69. The lowest BCUT2D eigenvalue weighted by Crippen LogP contribution is -2.17. The number of para-hydroxylation sites is 1. The first kappa shape index (κ1) is 20.1. The van der Waals surface area contributed by atoms with E-state index in [-0.39, 0.29) is 11.9 Å². The standard InChI is InChI=1S/C27H24N2O3/c30-24-13-7-12-23-22(24)14-15-25(27(23)31-21-10-5-2-6-11-21)32-26(18-29-17-16-28-19-29)20-8-3-1-4-9-20/h1-6,8-11,14-17,19,26H,7,12-13,18H2/t26-/m1/s1. The summed E-state index contributed by atoms with van der Waals surface area (Å²) in [5.74, 6) is 2.15. The fraction of sp³-hybridized carbons (Fsp3) is 0.185. The summed E-state index contributed by atoms with van der Waals surface area (Å²) in [7, 11) is 0. The molecule has 4 aromatic rings. The van der Waals surface area contributed by atoms with Crippen LogP contribution in [0.4, 0.5) is 0 Å². The molecule has 1 aliphatic rings. The number of Topliss-reactive ketones (excluding diaryl/α,β-unsaturated/α-hetero) is 1. The first-order valence-electron chi connectivity index (χ1n) is 10.9. The van der Waals surface area contributed by atoms with Crippen LogP contribution in [-0.4, -0.2) is 15.3 Å². The van der Waals surface area contributed by atoms with Crippen molar-refractivity contribution in [3.8, 4) is 17.2 Å². The number of rotatable bonds is 7. The highest BCUT2D eigenvalue weighted by atomic mass is 16.5. The van der Waals surface area contributed by atoms with Gasteiger partial charge >= 0.3 is 0 Å². The molecule has 160 valence electrons. The molecule has 0 saturated heterocycles. The van der Waals surface area contributed by atoms with Gasteiger partial charge in [-0.1, -0.05) is 48.5 Å². The van der Waals surface area contributed by atoms with Crippen LogP contribution in [0.25, 0.3) is 0 Å². The Morgan fingerprint density at radius 2 is 1.72 bits per heavy atom. The van der Waals surface area contributed by atoms with Crippen LogP contribution in [0, 0.1) is 0 Å². The largest absolute Gasteiger partial charge is 0.480 e. The predicted molar refractivity (Wildman–Crippen MR) is 122 cm³/mol. The number of benzene rings is 3. The van der Waals surface area contributed by atoms with E-state index in [1.54, 1.807) is 12.5 Å². The molecular formula is C27H24N2O3. The van der Waals surface area contributed by atoms with Crippen molar-refractivity contribution in [3.63, 3.8) is 0 Å². The van der Waals surface area contributed by atoms with E-state index in [0.717, 1.165) is 35.3 Å². The van der Waals surface area contributed by atoms with E-state index in [1.807, 2.05) is 71.4 Å². The molecule has 1 aliphatic carbocycles. The van der Waals surface area contributed by atoms with Gasteiger partial charge in [-0.3, -0.25) is 4.79 Å². The lowest BCUT2D eigenvalue weighted by molar-refractivity contribution is 0.0971. The minimum atomic E-state index is -0.249. The summed E-state index contributed by atoms with van der Waals surface area (Å²) < 4.78 is 14.9. The highest BCUT2D eigenvalue weighted by molar-refractivity contribution is 5.99. The minimum Gasteiger partial charge on any atom is -0.480 e. The van der Waals surface area contributed by atoms with E-state index in [9.17, 15) is 4.79 Å². The van der Waals surface area contributed by atoms with E-state index in [2.05, 4.69) is 17.1 Å². The van der Waals surface area contributed by atoms with Crippen LogP contribution in [-0.2, 0) is 13.0 Å². The highest BCUT2D eigenvalue weighted by Gasteiger charge is 2.26. The van der Waals surface area contributed by atoms with Gasteiger partial charge in [0.15, 0.2) is 17.3 Å². The maximum atomic E-state index is 12.6. The fourth-order valence-electron chi connectivity index (χ4n) is 4.11. The van der Waals surface area contributed by atoms with Gasteiger partial charge in [-0.25, -0.2) is 4.98 Å². The van der Waals surface area contributed by atoms with Crippen LogP contribution in [0.2, 0.25) is 0 Å². The minimum absolute atomic E-state index is 0.161. The summed E-state index contributed by atoms with van der Waals surface area (Å²) in [4.78, 5) is 16.7. The Labute approximate surface area is 187 Å². The molecule has 3 aromatic carbocycles. The SMILES string of the molecule is O=C1CCCc2c1ccc(O[C@H](Cn1ccnc1)c1ccccc1)c2Oc1ccccc1. The number of nitrogens with zero attached hydrogens (tertiary/aromatic N) is 2. The Kier molecular flexibility index (Phi) is 5.71. The Hall–Kier alpha value is -3.86. The maximum Gasteiger partial charge on any atom is 0.173 e. The summed E-state index contributed by atoms with van der Waals surface area (Å²) >= 11 is 0. The Morgan fingerprint density at radius 1 is 0.938 bits per heavy atom. The second-order valence-electron chi connectivity index (χ2n) is 7.89. The van der Waals surface area contributed by atoms with Gasteiger partial charge in [0.2, 0.25) is 0 Å². The number of carbonyl (C=O) groups excluding carboxylic acids is 1. The van der Waals surface area contributed by atoms with Crippen molar-refractivity contribution in [2.75, 3.05) is 0 Å². The van der Waals surface area contributed by atoms with Gasteiger partial charge in [0.05, 0.1) is 12.9 Å². The van der Waals surface area contributed by atoms with Gasteiger partial charge in [-0.05, 0) is 42.7 Å². The molecular weight excluding hydrogens is 400 g/mol. The van der Waals surface area contributed by atoms with Gasteiger partial charge in [-0.2, -0.15) is 0 Å². The zero-order valence-corrected chi connectivity index (χ0v) is 17.7. The van der Waals surface area contributed by atoms with Crippen LogP contribution in [0.15, 0.2) is 91.5 Å². The van der Waals surface area contributed by atoms with Crippen molar-refractivity contribution in [1.29, 1.82) is 0 Å². The molecule has 5 nitrogen and oxygen atoms in total. The van der Waals surface area contributed by atoms with E-state index >= 15 is 0 Å². The number of ketones is 1. The molecule has 0 spiro atoms. The molecule has 1 heterocycles. The second kappa shape index (κ2) is 9.10. The highest BCUT2D eigenvalue weighted by Crippen LogP contribution is 2.42. The van der Waals surface area contributed by atoms with Crippen molar-refractivity contribution in [1.82, 2.24) is 9.55 Å². The smallest absolute Gasteiger partial charge is 0.173 e. The molecule has 0 fully saturated rings. The van der Waals surface area contributed by atoms with Crippen molar-refractivity contribution >= 4 is 5.78 Å².